The summed E-state index contributed by atoms with van der Waals surface area (Å²) in [6.45, 7) is 0.276. The fourth-order valence-corrected chi connectivity index (χ4v) is 13.7. The number of likely N-dealkylation sites (N-methyl/N-ethyl adjacent to an activating group) is 1. The quantitative estimate of drug-likeness (QED) is 0.0226. The van der Waals surface area contributed by atoms with Gasteiger partial charge in [-0.1, -0.05) is 12.1 Å². The van der Waals surface area contributed by atoms with Crippen LogP contribution in [0.25, 0.3) is 22.3 Å². The molecule has 0 bridgehead atoms. The number of hydrogen-bond donors (Lipinski definition) is 10. The smallest absolute Gasteiger partial charge is 0.479 e. The van der Waals surface area contributed by atoms with Crippen LogP contribution in [0.3, 0.4) is 0 Å². The molecule has 34 nitrogen and oxygen atoms in total. The minimum atomic E-state index is -5.70. The topological polar surface area (TPSA) is 484 Å². The fraction of sp³-hybridized carbons (Fsp3) is 0.500. The van der Waals surface area contributed by atoms with E-state index in [1.54, 1.807) is 19.4 Å². The standard InChI is InChI=1S/C58H63FN8O26S2/c1-4-58(84)28-16-32-41-27(21-66(32)52(78)25(28)7-10-36(58)68)40-30(60-37(69)22-88-56-46(75)42(71)44(73)49(90-56)54(80)81)8-6-26-39(40)31(61-41)17-29(59)48(26)93-95(85,86)92-34-15-23(5-9-33(34)89-57-47(76)43(72)45(74)50(91-57)55(82)83)51(77)64(2)11-13-87-14-12-65-19-24(62-63-65)20-67-38(70)18-35(94-3)53(67)79/h5,9,15-17,19,30,35,42-47,49-50,56-57,71-76,84H,4,6-8,10-14,18,20-22H2,1-3H3,(H,60,69)(H,80,81)(H,82,83)/t30?,35?,42-,43-,44-,45-,46+,47+,49-,50-,56?,57+,58-/m0/s1. The van der Waals surface area contributed by atoms with Crippen molar-refractivity contribution in [2.45, 2.75) is 143 Å². The molecule has 3 aromatic heterocycles. The van der Waals surface area contributed by atoms with Crippen molar-refractivity contribution >= 4 is 74.4 Å². The Morgan fingerprint density at radius 1 is 0.863 bits per heavy atom. The van der Waals surface area contributed by atoms with Crippen LogP contribution in [-0.2, 0) is 96.2 Å². The summed E-state index contributed by atoms with van der Waals surface area (Å²) in [7, 11) is -4.34. The Balaban J connectivity index is 0.879. The first-order valence-corrected chi connectivity index (χ1v) is 32.2. The van der Waals surface area contributed by atoms with E-state index in [1.807, 2.05) is 0 Å². The van der Waals surface area contributed by atoms with Gasteiger partial charge in [0.15, 0.2) is 47.3 Å². The van der Waals surface area contributed by atoms with E-state index in [1.165, 1.54) is 34.1 Å². The minimum absolute atomic E-state index is 0.0192. The van der Waals surface area contributed by atoms with Crippen molar-refractivity contribution in [1.82, 2.24) is 39.7 Å². The van der Waals surface area contributed by atoms with E-state index in [0.717, 1.165) is 34.1 Å². The minimum Gasteiger partial charge on any atom is -0.479 e. The van der Waals surface area contributed by atoms with Crippen LogP contribution in [0.1, 0.15) is 82.5 Å². The lowest BCUT2D eigenvalue weighted by Gasteiger charge is -2.38. The molecule has 0 saturated carbocycles. The molecule has 510 valence electrons. The van der Waals surface area contributed by atoms with Crippen LogP contribution in [0.2, 0.25) is 0 Å². The van der Waals surface area contributed by atoms with Gasteiger partial charge in [0.05, 0.1) is 67.2 Å². The highest BCUT2D eigenvalue weighted by Gasteiger charge is 2.51. The molecule has 0 radical (unpaired) electrons. The first-order valence-electron chi connectivity index (χ1n) is 29.5. The summed E-state index contributed by atoms with van der Waals surface area (Å²) in [6, 6.07) is 3.91. The summed E-state index contributed by atoms with van der Waals surface area (Å²) in [4.78, 5) is 111. The van der Waals surface area contributed by atoms with Gasteiger partial charge >= 0.3 is 22.3 Å². The number of ketones is 1. The molecule has 3 saturated heterocycles. The largest absolute Gasteiger partial charge is 0.501 e. The van der Waals surface area contributed by atoms with Gasteiger partial charge in [0, 0.05) is 65.7 Å². The molecule has 10 N–H and O–H groups in total. The third-order valence-corrected chi connectivity index (χ3v) is 19.1. The number of aryl methyl sites for hydroxylation is 1. The van der Waals surface area contributed by atoms with E-state index in [0.29, 0.717) is 5.69 Å². The number of rotatable bonds is 23. The average Bonchev–Trinajstić information content (AvgIpc) is 1.62. The molecule has 95 heavy (non-hydrogen) atoms. The molecular formula is C58H63FN8O26S2. The SMILES string of the molecule is CC[C@@]1(O)C(=O)CCc2c1cc1n(c2=O)Cc2c-1nc1cc(F)c(OS(=O)(=O)Oc3cc(C(=O)N(C)CCOCCn4cc(CN5C(=O)CC(SC)C5=O)nn4)ccc3O[C@@H]3O[C@H](C(=O)O)[C@@H](O)[C@H](O)[C@H]3O)c3c1c2C(NC(=O)COC1O[C@H](C(=O)O)[C@@H](O)[C@H](O)[C@H]1O)CC3. The van der Waals surface area contributed by atoms with Gasteiger partial charge in [-0.05, 0) is 61.8 Å². The summed E-state index contributed by atoms with van der Waals surface area (Å²) >= 11 is 1.27. The highest BCUT2D eigenvalue weighted by Crippen LogP contribution is 2.48. The Kier molecular flexibility index (Phi) is 19.2. The van der Waals surface area contributed by atoms with Gasteiger partial charge in [-0.3, -0.25) is 33.7 Å². The Hall–Kier alpha value is -8.18. The number of fused-ring (bicyclic) bond motifs is 5. The number of aliphatic hydroxyl groups is 7. The molecular weight excluding hydrogens is 1310 g/mol. The number of nitrogens with one attached hydrogen (secondary N) is 1. The molecule has 37 heteroatoms. The van der Waals surface area contributed by atoms with Gasteiger partial charge in [-0.2, -0.15) is 11.8 Å². The summed E-state index contributed by atoms with van der Waals surface area (Å²) < 4.78 is 86.8. The number of Topliss-reactive ketones (excluding diaryl/α,β-unsaturated/α-hetero) is 1. The zero-order chi connectivity index (χ0) is 68.4. The Bertz CT molecular complexity index is 4140. The van der Waals surface area contributed by atoms with Crippen molar-refractivity contribution in [3.05, 3.63) is 91.8 Å². The summed E-state index contributed by atoms with van der Waals surface area (Å²) in [5.74, 6) is -10.5. The predicted molar refractivity (Wildman–Crippen MR) is 314 cm³/mol. The van der Waals surface area contributed by atoms with Crippen LogP contribution < -0.4 is 24.0 Å². The number of carbonyl (C=O) groups is 7. The maximum absolute atomic E-state index is 17.0. The number of imide groups is 1. The second kappa shape index (κ2) is 26.8. The third kappa shape index (κ3) is 12.9. The van der Waals surface area contributed by atoms with E-state index in [2.05, 4.69) is 15.6 Å². The second-order valence-electron chi connectivity index (χ2n) is 23.2. The average molecular weight is 1370 g/mol. The maximum atomic E-state index is 17.0. The highest BCUT2D eigenvalue weighted by atomic mass is 32.3. The van der Waals surface area contributed by atoms with E-state index in [9.17, 15) is 92.7 Å². The number of pyridine rings is 2. The number of amides is 4. The lowest BCUT2D eigenvalue weighted by atomic mass is 9.77. The van der Waals surface area contributed by atoms with E-state index in [-0.39, 0.29) is 145 Å². The number of nitrogens with zero attached hydrogens (tertiary/aromatic N) is 7. The molecule has 0 spiro atoms. The zero-order valence-electron chi connectivity index (χ0n) is 50.4. The van der Waals surface area contributed by atoms with Crippen molar-refractivity contribution in [2.24, 2.45) is 0 Å². The number of benzene rings is 2. The van der Waals surface area contributed by atoms with Crippen LogP contribution in [0.5, 0.6) is 17.2 Å². The maximum Gasteiger partial charge on any atom is 0.501 e. The summed E-state index contributed by atoms with van der Waals surface area (Å²) in [5, 5.41) is 104. The lowest BCUT2D eigenvalue weighted by molar-refractivity contribution is -0.292. The van der Waals surface area contributed by atoms with Gasteiger partial charge in [0.2, 0.25) is 24.0 Å². The number of hydrogen-bond acceptors (Lipinski definition) is 28. The molecule has 3 fully saturated rings. The van der Waals surface area contributed by atoms with Crippen LogP contribution in [-0.4, -0.2) is 236 Å². The Morgan fingerprint density at radius 2 is 1.56 bits per heavy atom. The first kappa shape index (κ1) is 68.2. The van der Waals surface area contributed by atoms with Crippen LogP contribution in [0, 0.1) is 5.82 Å². The van der Waals surface area contributed by atoms with Crippen molar-refractivity contribution in [2.75, 3.05) is 39.7 Å². The summed E-state index contributed by atoms with van der Waals surface area (Å²) in [6.07, 6.45) is -18.7. The normalized spacial score (nSPS) is 27.0. The van der Waals surface area contributed by atoms with Gasteiger partial charge < -0.3 is 92.8 Å². The number of carboxylic acid groups (broad SMARTS) is 2. The third-order valence-electron chi connectivity index (χ3n) is 17.4. The number of aliphatic carboxylic acids is 2. The van der Waals surface area contributed by atoms with Crippen molar-refractivity contribution in [1.29, 1.82) is 0 Å². The molecule has 3 unspecified atom stereocenters. The molecule has 6 aliphatic rings. The van der Waals surface area contributed by atoms with Crippen LogP contribution >= 0.6 is 11.8 Å². The monoisotopic (exact) mass is 1370 g/mol. The molecule has 2 aromatic carbocycles. The van der Waals surface area contributed by atoms with Crippen molar-refractivity contribution in [3.63, 3.8) is 0 Å². The highest BCUT2D eigenvalue weighted by molar-refractivity contribution is 8.00. The number of carboxylic acids is 2. The number of aliphatic hydroxyl groups excluding tert-OH is 6. The number of ether oxygens (including phenoxy) is 5. The number of likely N-dealkylation sites (tertiary alicyclic amines) is 1. The van der Waals surface area contributed by atoms with Crippen LogP contribution in [0.4, 0.5) is 4.39 Å². The van der Waals surface area contributed by atoms with Crippen molar-refractivity contribution in [3.8, 4) is 28.6 Å². The molecule has 13 atom stereocenters. The van der Waals surface area contributed by atoms with Gasteiger partial charge in [-0.25, -0.2) is 23.6 Å². The fourth-order valence-electron chi connectivity index (χ4n) is 12.3. The van der Waals surface area contributed by atoms with Gasteiger partial charge in [0.25, 0.3) is 11.5 Å². The Morgan fingerprint density at radius 3 is 2.23 bits per heavy atom. The second-order valence-corrected chi connectivity index (χ2v) is 25.4. The number of carbonyl (C=O) groups excluding carboxylic acids is 5. The Labute approximate surface area is 539 Å². The van der Waals surface area contributed by atoms with Gasteiger partial charge in [0.1, 0.15) is 54.5 Å². The molecule has 2 aliphatic carbocycles. The number of aromatic nitrogens is 5. The molecule has 4 amide bonds. The van der Waals surface area contributed by atoms with E-state index < -0.39 is 153 Å². The van der Waals surface area contributed by atoms with Gasteiger partial charge in [-0.15, -0.1) is 13.5 Å². The molecule has 7 heterocycles. The molecule has 4 aliphatic heterocycles. The number of halogens is 1. The van der Waals surface area contributed by atoms with Crippen molar-refractivity contribution < 1.29 is 124 Å². The van der Waals surface area contributed by atoms with E-state index in [4.69, 9.17) is 37.0 Å². The number of thioether (sulfide) groups is 1. The first-order chi connectivity index (χ1) is 45.0. The molecule has 11 rings (SSSR count). The summed E-state index contributed by atoms with van der Waals surface area (Å²) in [5.41, 5.74) is -2.38. The molecule has 5 aromatic rings. The van der Waals surface area contributed by atoms with Crippen LogP contribution in [0.15, 0.2) is 41.3 Å². The zero-order valence-corrected chi connectivity index (χ0v) is 52.0. The van der Waals surface area contributed by atoms with E-state index >= 15 is 4.39 Å². The predicted octanol–water partition coefficient (Wildman–Crippen LogP) is -2.97. The lowest BCUT2D eigenvalue weighted by Crippen LogP contribution is -2.61.